The Kier molecular flexibility index (Phi) is 4.67. The highest BCUT2D eigenvalue weighted by Crippen LogP contribution is 2.07. The Morgan fingerprint density at radius 3 is 2.00 bits per heavy atom. The number of thiol groups is 1. The van der Waals surface area contributed by atoms with E-state index in [-0.39, 0.29) is 6.29 Å². The molecule has 0 unspecified atom stereocenters. The molecule has 0 saturated heterocycles. The lowest BCUT2D eigenvalue weighted by Gasteiger charge is -2.21. The lowest BCUT2D eigenvalue weighted by atomic mass is 10.1. The third-order valence-electron chi connectivity index (χ3n) is 1.33. The highest BCUT2D eigenvalue weighted by Gasteiger charge is 2.26. The molecule has 0 aliphatic heterocycles. The maximum absolute atomic E-state index is 9.93. The zero-order chi connectivity index (χ0) is 9.02. The van der Waals surface area contributed by atoms with Gasteiger partial charge in [0.25, 0.3) is 0 Å². The number of aliphatic hydroxyl groups excluding tert-OH is 3. The van der Waals surface area contributed by atoms with Crippen molar-refractivity contribution in [1.29, 1.82) is 0 Å². The van der Waals surface area contributed by atoms with Gasteiger partial charge in [0.2, 0.25) is 0 Å². The van der Waals surface area contributed by atoms with Gasteiger partial charge in [-0.3, -0.25) is 0 Å². The van der Waals surface area contributed by atoms with E-state index in [0.717, 1.165) is 0 Å². The zero-order valence-corrected chi connectivity index (χ0v) is 6.98. The second-order valence-corrected chi connectivity index (χ2v) is 3.16. The fourth-order valence-electron chi connectivity index (χ4n) is 0.568. The van der Waals surface area contributed by atoms with Gasteiger partial charge in [-0.25, -0.2) is 0 Å². The number of hydrogen-bond acceptors (Lipinski definition) is 5. The number of aliphatic hydroxyl groups is 3. The molecule has 66 valence electrons. The lowest BCUT2D eigenvalue weighted by Crippen LogP contribution is -2.42. The van der Waals surface area contributed by atoms with Gasteiger partial charge in [-0.05, 0) is 0 Å². The van der Waals surface area contributed by atoms with Crippen LogP contribution in [0, 0.1) is 0 Å². The van der Waals surface area contributed by atoms with Gasteiger partial charge < -0.3 is 20.1 Å². The smallest absolute Gasteiger partial charge is 0.151 e. The Labute approximate surface area is 70.3 Å². The molecule has 0 aliphatic carbocycles. The number of carbonyl (C=O) groups is 1. The molecule has 0 aromatic carbocycles. The first-order chi connectivity index (χ1) is 5.00. The molecule has 0 aromatic rings. The van der Waals surface area contributed by atoms with E-state index in [4.69, 9.17) is 15.3 Å². The van der Waals surface area contributed by atoms with E-state index in [1.54, 1.807) is 6.92 Å². The Morgan fingerprint density at radius 1 is 1.27 bits per heavy atom. The molecule has 0 bridgehead atoms. The van der Waals surface area contributed by atoms with Crippen LogP contribution in [0.2, 0.25) is 0 Å². The van der Waals surface area contributed by atoms with E-state index in [1.165, 1.54) is 0 Å². The van der Waals surface area contributed by atoms with Gasteiger partial charge in [-0.15, -0.1) is 0 Å². The van der Waals surface area contributed by atoms with Gasteiger partial charge in [0, 0.05) is 5.25 Å². The summed E-state index contributed by atoms with van der Waals surface area (Å²) in [6.07, 6.45) is -4.03. The van der Waals surface area contributed by atoms with Crippen molar-refractivity contribution in [2.24, 2.45) is 0 Å². The van der Waals surface area contributed by atoms with Gasteiger partial charge in [0.15, 0.2) is 6.29 Å². The molecule has 0 heterocycles. The van der Waals surface area contributed by atoms with Crippen molar-refractivity contribution in [3.63, 3.8) is 0 Å². The van der Waals surface area contributed by atoms with E-state index in [1.807, 2.05) is 0 Å². The molecule has 4 atom stereocenters. The van der Waals surface area contributed by atoms with E-state index in [9.17, 15) is 4.79 Å². The Bertz CT molecular complexity index is 128. The molecule has 0 rings (SSSR count). The summed E-state index contributed by atoms with van der Waals surface area (Å²) in [5.41, 5.74) is 0. The highest BCUT2D eigenvalue weighted by atomic mass is 32.1. The van der Waals surface area contributed by atoms with Gasteiger partial charge in [-0.2, -0.15) is 12.6 Å². The van der Waals surface area contributed by atoms with Crippen LogP contribution in [0.25, 0.3) is 0 Å². The van der Waals surface area contributed by atoms with Gasteiger partial charge in [0.1, 0.15) is 12.2 Å². The summed E-state index contributed by atoms with van der Waals surface area (Å²) < 4.78 is 0. The van der Waals surface area contributed by atoms with Gasteiger partial charge in [0.05, 0.1) is 6.10 Å². The van der Waals surface area contributed by atoms with Crippen molar-refractivity contribution in [3.8, 4) is 0 Å². The summed E-state index contributed by atoms with van der Waals surface area (Å²) in [5, 5.41) is 26.3. The lowest BCUT2D eigenvalue weighted by molar-refractivity contribution is -0.125. The highest BCUT2D eigenvalue weighted by molar-refractivity contribution is 7.81. The average Bonchev–Trinajstić information content (AvgIpc) is 2.00. The van der Waals surface area contributed by atoms with Crippen molar-refractivity contribution in [3.05, 3.63) is 0 Å². The molecule has 3 N–H and O–H groups in total. The first-order valence-corrected chi connectivity index (χ1v) is 3.70. The van der Waals surface area contributed by atoms with Crippen LogP contribution >= 0.6 is 12.6 Å². The summed E-state index contributed by atoms with van der Waals surface area (Å²) in [6, 6.07) is 0. The summed E-state index contributed by atoms with van der Waals surface area (Å²) in [5.74, 6) is 0. The Balaban J connectivity index is 4.00. The summed E-state index contributed by atoms with van der Waals surface area (Å²) in [7, 11) is 0. The maximum Gasteiger partial charge on any atom is 0.151 e. The van der Waals surface area contributed by atoms with Crippen LogP contribution < -0.4 is 0 Å². The van der Waals surface area contributed by atoms with Crippen LogP contribution in [0.1, 0.15) is 6.92 Å². The van der Waals surface area contributed by atoms with Crippen LogP contribution in [-0.2, 0) is 4.79 Å². The topological polar surface area (TPSA) is 77.8 Å². The molecular formula is C6H12O4S. The molecule has 4 nitrogen and oxygen atoms in total. The van der Waals surface area contributed by atoms with Crippen LogP contribution in [-0.4, -0.2) is 45.2 Å². The van der Waals surface area contributed by atoms with E-state index in [2.05, 4.69) is 12.6 Å². The van der Waals surface area contributed by atoms with E-state index >= 15 is 0 Å². The largest absolute Gasteiger partial charge is 0.389 e. The van der Waals surface area contributed by atoms with Crippen molar-refractivity contribution < 1.29 is 20.1 Å². The van der Waals surface area contributed by atoms with Crippen molar-refractivity contribution >= 4 is 18.9 Å². The van der Waals surface area contributed by atoms with E-state index in [0.29, 0.717) is 0 Å². The van der Waals surface area contributed by atoms with Crippen LogP contribution in [0.3, 0.4) is 0 Å². The fourth-order valence-corrected chi connectivity index (χ4v) is 0.744. The van der Waals surface area contributed by atoms with Crippen molar-refractivity contribution in [2.75, 3.05) is 0 Å². The molecule has 0 radical (unpaired) electrons. The number of carbonyl (C=O) groups excluding carboxylic acids is 1. The SMILES string of the molecule is C[C@@H](S)[C@@H](O)[C@H](O)[C@H](O)C=O. The first kappa shape index (κ1) is 10.9. The van der Waals surface area contributed by atoms with Crippen LogP contribution in [0.15, 0.2) is 0 Å². The molecule has 0 aromatic heterocycles. The third-order valence-corrected chi connectivity index (χ3v) is 1.64. The monoisotopic (exact) mass is 180 g/mol. The molecule has 11 heavy (non-hydrogen) atoms. The Morgan fingerprint density at radius 2 is 1.73 bits per heavy atom. The maximum atomic E-state index is 9.93. The Hall–Kier alpha value is -0.100. The van der Waals surface area contributed by atoms with Gasteiger partial charge in [-0.1, -0.05) is 6.92 Å². The molecule has 0 saturated carbocycles. The summed E-state index contributed by atoms with van der Waals surface area (Å²) in [6.45, 7) is 1.55. The predicted molar refractivity (Wildman–Crippen MR) is 42.5 cm³/mol. The van der Waals surface area contributed by atoms with Crippen LogP contribution in [0.4, 0.5) is 0 Å². The molecule has 0 amide bonds. The average molecular weight is 180 g/mol. The quantitative estimate of drug-likeness (QED) is 0.316. The summed E-state index contributed by atoms with van der Waals surface area (Å²) >= 11 is 3.83. The van der Waals surface area contributed by atoms with Gasteiger partial charge >= 0.3 is 0 Å². The second kappa shape index (κ2) is 4.71. The number of hydrogen-bond donors (Lipinski definition) is 4. The molecule has 0 aliphatic rings. The van der Waals surface area contributed by atoms with Crippen LogP contribution in [0.5, 0.6) is 0 Å². The molecule has 0 spiro atoms. The fraction of sp³-hybridized carbons (Fsp3) is 0.833. The summed E-state index contributed by atoms with van der Waals surface area (Å²) in [4.78, 5) is 9.93. The minimum absolute atomic E-state index is 0.171. The minimum Gasteiger partial charge on any atom is -0.389 e. The zero-order valence-electron chi connectivity index (χ0n) is 6.08. The van der Waals surface area contributed by atoms with E-state index < -0.39 is 23.6 Å². The van der Waals surface area contributed by atoms with Crippen molar-refractivity contribution in [1.82, 2.24) is 0 Å². The normalized spacial score (nSPS) is 21.9. The minimum atomic E-state index is -1.54. The molecule has 5 heteroatoms. The first-order valence-electron chi connectivity index (χ1n) is 3.18. The third kappa shape index (κ3) is 3.20. The van der Waals surface area contributed by atoms with Crippen molar-refractivity contribution in [2.45, 2.75) is 30.5 Å². The second-order valence-electron chi connectivity index (χ2n) is 2.35. The number of aldehydes is 1. The molecular weight excluding hydrogens is 168 g/mol. The molecule has 0 fully saturated rings. The standard InChI is InChI=1S/C6H12O4S/c1-3(11)5(9)6(10)4(8)2-7/h2-6,8-11H,1H3/t3-,4-,5-,6-/m1/s1. The predicted octanol–water partition coefficient (Wildman–Crippen LogP) is -1.41. The number of rotatable bonds is 4.